The third-order valence-corrected chi connectivity index (χ3v) is 3.64. The normalized spacial score (nSPS) is 48.1. The first-order valence-corrected chi connectivity index (χ1v) is 4.36. The Bertz CT molecular complexity index is 200. The minimum atomic E-state index is -0.579. The molecular weight excluding hydrogens is 140 g/mol. The molecule has 3 atom stereocenters. The van der Waals surface area contributed by atoms with E-state index in [1.807, 2.05) is 6.92 Å². The van der Waals surface area contributed by atoms with Crippen molar-refractivity contribution in [3.8, 4) is 0 Å². The Morgan fingerprint density at radius 1 is 1.55 bits per heavy atom. The van der Waals surface area contributed by atoms with Gasteiger partial charge < -0.3 is 5.11 Å². The summed E-state index contributed by atoms with van der Waals surface area (Å²) in [5.41, 5.74) is -0.372. The van der Waals surface area contributed by atoms with Gasteiger partial charge >= 0.3 is 5.97 Å². The molecule has 2 bridgehead atoms. The van der Waals surface area contributed by atoms with Gasteiger partial charge in [-0.15, -0.1) is 0 Å². The molecule has 0 aliphatic heterocycles. The van der Waals surface area contributed by atoms with Crippen molar-refractivity contribution in [1.82, 2.24) is 0 Å². The second kappa shape index (κ2) is 1.99. The van der Waals surface area contributed by atoms with Gasteiger partial charge in [0, 0.05) is 0 Å². The first-order valence-electron chi connectivity index (χ1n) is 4.36. The number of fused-ring (bicyclic) bond motifs is 2. The van der Waals surface area contributed by atoms with Crippen LogP contribution in [0.5, 0.6) is 0 Å². The van der Waals surface area contributed by atoms with Gasteiger partial charge in [0.1, 0.15) is 0 Å². The minimum absolute atomic E-state index is 0.372. The van der Waals surface area contributed by atoms with E-state index in [9.17, 15) is 4.79 Å². The summed E-state index contributed by atoms with van der Waals surface area (Å²) in [7, 11) is 0. The molecule has 2 rings (SSSR count). The molecule has 0 amide bonds. The molecular formula is C9H14O2. The largest absolute Gasteiger partial charge is 0.481 e. The van der Waals surface area contributed by atoms with Crippen molar-refractivity contribution in [3.05, 3.63) is 0 Å². The van der Waals surface area contributed by atoms with Crippen LogP contribution in [-0.4, -0.2) is 11.1 Å². The van der Waals surface area contributed by atoms with Crippen LogP contribution in [0.25, 0.3) is 0 Å². The molecule has 0 saturated heterocycles. The molecule has 2 fully saturated rings. The Balaban J connectivity index is 2.23. The second-order valence-electron chi connectivity index (χ2n) is 4.30. The molecule has 11 heavy (non-hydrogen) atoms. The van der Waals surface area contributed by atoms with Crippen LogP contribution in [0.3, 0.4) is 0 Å². The monoisotopic (exact) mass is 154 g/mol. The maximum Gasteiger partial charge on any atom is 0.309 e. The van der Waals surface area contributed by atoms with Crippen LogP contribution >= 0.6 is 0 Å². The first-order chi connectivity index (χ1) is 5.13. The van der Waals surface area contributed by atoms with Gasteiger partial charge in [-0.3, -0.25) is 4.79 Å². The van der Waals surface area contributed by atoms with Gasteiger partial charge in [-0.1, -0.05) is 6.42 Å². The number of carbonyl (C=O) groups is 1. The number of carboxylic acid groups (broad SMARTS) is 1. The second-order valence-corrected chi connectivity index (χ2v) is 4.30. The maximum absolute atomic E-state index is 10.9. The minimum Gasteiger partial charge on any atom is -0.481 e. The van der Waals surface area contributed by atoms with Crippen LogP contribution in [0.4, 0.5) is 0 Å². The smallest absolute Gasteiger partial charge is 0.309 e. The molecule has 0 spiro atoms. The number of hydrogen-bond donors (Lipinski definition) is 1. The highest BCUT2D eigenvalue weighted by atomic mass is 16.4. The van der Waals surface area contributed by atoms with Crippen LogP contribution in [0.2, 0.25) is 0 Å². The zero-order valence-electron chi connectivity index (χ0n) is 6.84. The molecule has 1 N–H and O–H groups in total. The van der Waals surface area contributed by atoms with E-state index in [0.717, 1.165) is 18.8 Å². The third kappa shape index (κ3) is 0.815. The molecule has 0 radical (unpaired) electrons. The van der Waals surface area contributed by atoms with Crippen molar-refractivity contribution >= 4 is 5.97 Å². The van der Waals surface area contributed by atoms with Crippen molar-refractivity contribution in [2.45, 2.75) is 32.6 Å². The van der Waals surface area contributed by atoms with E-state index in [2.05, 4.69) is 0 Å². The summed E-state index contributed by atoms with van der Waals surface area (Å²) in [6.07, 6.45) is 4.51. The molecule has 2 unspecified atom stereocenters. The zero-order chi connectivity index (χ0) is 8.06. The predicted octanol–water partition coefficient (Wildman–Crippen LogP) is 1.90. The summed E-state index contributed by atoms with van der Waals surface area (Å²) < 4.78 is 0. The molecule has 2 nitrogen and oxygen atoms in total. The molecule has 62 valence electrons. The highest BCUT2D eigenvalue weighted by Gasteiger charge is 2.52. The fraction of sp³-hybridized carbons (Fsp3) is 0.889. The average molecular weight is 154 g/mol. The quantitative estimate of drug-likeness (QED) is 0.626. The van der Waals surface area contributed by atoms with Gasteiger partial charge in [0.05, 0.1) is 5.41 Å². The average Bonchev–Trinajstić information content (AvgIpc) is 2.45. The molecule has 0 heterocycles. The summed E-state index contributed by atoms with van der Waals surface area (Å²) >= 11 is 0. The highest BCUT2D eigenvalue weighted by Crippen LogP contribution is 2.55. The van der Waals surface area contributed by atoms with Crippen molar-refractivity contribution in [1.29, 1.82) is 0 Å². The molecule has 2 saturated carbocycles. The molecule has 0 aromatic rings. The number of carboxylic acids is 1. The Kier molecular flexibility index (Phi) is 1.29. The first kappa shape index (κ1) is 7.14. The van der Waals surface area contributed by atoms with E-state index in [1.165, 1.54) is 12.8 Å². The van der Waals surface area contributed by atoms with Crippen LogP contribution in [0.15, 0.2) is 0 Å². The van der Waals surface area contributed by atoms with Gasteiger partial charge in [0.15, 0.2) is 0 Å². The molecule has 2 heteroatoms. The zero-order valence-corrected chi connectivity index (χ0v) is 6.84. The number of aliphatic carboxylic acids is 1. The van der Waals surface area contributed by atoms with Crippen LogP contribution in [0.1, 0.15) is 32.6 Å². The third-order valence-electron chi connectivity index (χ3n) is 3.64. The van der Waals surface area contributed by atoms with Crippen molar-refractivity contribution in [2.75, 3.05) is 0 Å². The molecule has 2 aliphatic carbocycles. The topological polar surface area (TPSA) is 37.3 Å². The van der Waals surface area contributed by atoms with Gasteiger partial charge in [-0.2, -0.15) is 0 Å². The lowest BCUT2D eigenvalue weighted by Gasteiger charge is -2.28. The van der Waals surface area contributed by atoms with E-state index in [-0.39, 0.29) is 5.41 Å². The lowest BCUT2D eigenvalue weighted by molar-refractivity contribution is -0.151. The van der Waals surface area contributed by atoms with E-state index in [0.29, 0.717) is 5.92 Å². The van der Waals surface area contributed by atoms with Crippen LogP contribution < -0.4 is 0 Å². The molecule has 2 aliphatic rings. The summed E-state index contributed by atoms with van der Waals surface area (Å²) in [5.74, 6) is 0.621. The van der Waals surface area contributed by atoms with Crippen LogP contribution in [0, 0.1) is 17.3 Å². The van der Waals surface area contributed by atoms with E-state index in [4.69, 9.17) is 5.11 Å². The van der Waals surface area contributed by atoms with E-state index < -0.39 is 5.97 Å². The lowest BCUT2D eigenvalue weighted by atomic mass is 9.75. The van der Waals surface area contributed by atoms with Gasteiger partial charge in [-0.25, -0.2) is 0 Å². The van der Waals surface area contributed by atoms with Crippen molar-refractivity contribution in [2.24, 2.45) is 17.3 Å². The summed E-state index contributed by atoms with van der Waals surface area (Å²) in [5, 5.41) is 8.99. The number of rotatable bonds is 1. The van der Waals surface area contributed by atoms with Crippen LogP contribution in [-0.2, 0) is 4.79 Å². The fourth-order valence-electron chi connectivity index (χ4n) is 2.87. The molecule has 0 aromatic carbocycles. The highest BCUT2D eigenvalue weighted by molar-refractivity contribution is 5.75. The van der Waals surface area contributed by atoms with Crippen molar-refractivity contribution in [3.63, 3.8) is 0 Å². The Morgan fingerprint density at radius 3 is 2.55 bits per heavy atom. The van der Waals surface area contributed by atoms with E-state index >= 15 is 0 Å². The lowest BCUT2D eigenvalue weighted by Crippen LogP contribution is -2.32. The van der Waals surface area contributed by atoms with Gasteiger partial charge in [0.2, 0.25) is 0 Å². The SMILES string of the molecule is C[C@]1(C(=O)O)CC2CCC1C2. The summed E-state index contributed by atoms with van der Waals surface area (Å²) in [6, 6.07) is 0. The predicted molar refractivity (Wildman–Crippen MR) is 41.2 cm³/mol. The molecule has 0 aromatic heterocycles. The maximum atomic E-state index is 10.9. The standard InChI is InChI=1S/C9H14O2/c1-9(8(10)11)5-6-2-3-7(9)4-6/h6-7H,2-5H2,1H3,(H,10,11)/t6?,7?,9-/m0/s1. The van der Waals surface area contributed by atoms with E-state index in [1.54, 1.807) is 0 Å². The van der Waals surface area contributed by atoms with Gasteiger partial charge in [0.25, 0.3) is 0 Å². The Morgan fingerprint density at radius 2 is 2.27 bits per heavy atom. The van der Waals surface area contributed by atoms with Crippen molar-refractivity contribution < 1.29 is 9.90 Å². The fourth-order valence-corrected chi connectivity index (χ4v) is 2.87. The Hall–Kier alpha value is -0.530. The Labute approximate surface area is 66.6 Å². The van der Waals surface area contributed by atoms with Gasteiger partial charge in [-0.05, 0) is 38.0 Å². The summed E-state index contributed by atoms with van der Waals surface area (Å²) in [4.78, 5) is 10.9. The summed E-state index contributed by atoms with van der Waals surface area (Å²) in [6.45, 7) is 1.92. The number of hydrogen-bond acceptors (Lipinski definition) is 1.